The van der Waals surface area contributed by atoms with Gasteiger partial charge in [-0.1, -0.05) is 0 Å². The Balaban J connectivity index is 2.09. The number of carbonyl (C=O) groups excluding carboxylic acids is 2. The number of methoxy groups -OCH3 is 1. The summed E-state index contributed by atoms with van der Waals surface area (Å²) in [7, 11) is -2.31. The molecule has 0 aliphatic carbocycles. The van der Waals surface area contributed by atoms with Crippen molar-refractivity contribution in [2.75, 3.05) is 18.4 Å². The van der Waals surface area contributed by atoms with Gasteiger partial charge in [-0.15, -0.1) is 0 Å². The van der Waals surface area contributed by atoms with Gasteiger partial charge in [-0.2, -0.15) is 0 Å². The van der Waals surface area contributed by atoms with Crippen LogP contribution in [0.1, 0.15) is 10.4 Å². The van der Waals surface area contributed by atoms with Crippen LogP contribution in [0.5, 0.6) is 5.75 Å². The second-order valence-electron chi connectivity index (χ2n) is 4.91. The van der Waals surface area contributed by atoms with Gasteiger partial charge in [0.25, 0.3) is 15.9 Å². The van der Waals surface area contributed by atoms with Gasteiger partial charge in [-0.25, -0.2) is 8.42 Å². The highest BCUT2D eigenvalue weighted by Crippen LogP contribution is 2.19. The molecule has 0 bridgehead atoms. The first-order chi connectivity index (χ1) is 11.8. The van der Waals surface area contributed by atoms with E-state index in [2.05, 4.69) is 10.0 Å². The Morgan fingerprint density at radius 3 is 2.16 bits per heavy atom. The van der Waals surface area contributed by atoms with Crippen molar-refractivity contribution < 1.29 is 27.9 Å². The third-order valence-electron chi connectivity index (χ3n) is 3.16. The molecule has 0 saturated heterocycles. The van der Waals surface area contributed by atoms with Crippen molar-refractivity contribution in [1.29, 1.82) is 0 Å². The van der Waals surface area contributed by atoms with Gasteiger partial charge in [-0.3, -0.25) is 9.52 Å². The average Bonchev–Trinajstić information content (AvgIpc) is 2.60. The molecule has 2 rings (SSSR count). The SMILES string of the molecule is COc1ccc(S(=O)(=O)Nc2ccc(C(=O)NCC(=O)[O-])cc2)cc1. The van der Waals surface area contributed by atoms with Gasteiger partial charge in [-0.05, 0) is 48.5 Å². The first kappa shape index (κ1) is 18.3. The third kappa shape index (κ3) is 4.95. The average molecular weight is 363 g/mol. The normalized spacial score (nSPS) is 10.8. The Morgan fingerprint density at radius 2 is 1.64 bits per heavy atom. The first-order valence-corrected chi connectivity index (χ1v) is 8.55. The molecule has 2 N–H and O–H groups in total. The summed E-state index contributed by atoms with van der Waals surface area (Å²) in [6, 6.07) is 11.4. The molecular weight excluding hydrogens is 348 g/mol. The molecule has 0 spiro atoms. The van der Waals surface area contributed by atoms with Crippen molar-refractivity contribution in [2.24, 2.45) is 0 Å². The number of ether oxygens (including phenoxy) is 1. The monoisotopic (exact) mass is 363 g/mol. The predicted molar refractivity (Wildman–Crippen MR) is 87.6 cm³/mol. The number of hydrogen-bond donors (Lipinski definition) is 2. The Kier molecular flexibility index (Phi) is 5.60. The summed E-state index contributed by atoms with van der Waals surface area (Å²) in [5.74, 6) is -1.48. The van der Waals surface area contributed by atoms with Crippen molar-refractivity contribution in [3.8, 4) is 5.75 Å². The van der Waals surface area contributed by atoms with Gasteiger partial charge in [0, 0.05) is 11.3 Å². The van der Waals surface area contributed by atoms with Gasteiger partial charge in [0.15, 0.2) is 0 Å². The Hall–Kier alpha value is -3.07. The number of amides is 1. The molecule has 0 fully saturated rings. The van der Waals surface area contributed by atoms with Gasteiger partial charge in [0.05, 0.1) is 24.5 Å². The van der Waals surface area contributed by atoms with E-state index >= 15 is 0 Å². The van der Waals surface area contributed by atoms with Crippen LogP contribution in [0.3, 0.4) is 0 Å². The van der Waals surface area contributed by atoms with Crippen LogP contribution in [-0.2, 0) is 14.8 Å². The second kappa shape index (κ2) is 7.67. The molecule has 8 nitrogen and oxygen atoms in total. The maximum Gasteiger partial charge on any atom is 0.261 e. The molecule has 9 heteroatoms. The lowest BCUT2D eigenvalue weighted by atomic mass is 10.2. The van der Waals surface area contributed by atoms with Crippen LogP contribution in [0.15, 0.2) is 53.4 Å². The summed E-state index contributed by atoms with van der Waals surface area (Å²) < 4.78 is 31.9. The van der Waals surface area contributed by atoms with E-state index in [0.29, 0.717) is 5.75 Å². The molecule has 0 atom stereocenters. The highest BCUT2D eigenvalue weighted by atomic mass is 32.2. The van der Waals surface area contributed by atoms with Gasteiger partial charge < -0.3 is 20.0 Å². The lowest BCUT2D eigenvalue weighted by Gasteiger charge is -2.10. The zero-order valence-corrected chi connectivity index (χ0v) is 14.0. The molecule has 0 aliphatic rings. The highest BCUT2D eigenvalue weighted by molar-refractivity contribution is 7.92. The number of carboxylic acids is 1. The number of carboxylic acid groups (broad SMARTS) is 1. The molecule has 1 amide bonds. The zero-order chi connectivity index (χ0) is 18.4. The molecule has 0 aromatic heterocycles. The summed E-state index contributed by atoms with van der Waals surface area (Å²) >= 11 is 0. The number of hydrogen-bond acceptors (Lipinski definition) is 6. The van der Waals surface area contributed by atoms with Gasteiger partial charge >= 0.3 is 0 Å². The molecule has 0 saturated carbocycles. The minimum absolute atomic E-state index is 0.0593. The minimum Gasteiger partial charge on any atom is -0.548 e. The molecule has 0 heterocycles. The summed E-state index contributed by atoms with van der Waals surface area (Å²) in [5, 5.41) is 12.5. The zero-order valence-electron chi connectivity index (χ0n) is 13.2. The lowest BCUT2D eigenvalue weighted by molar-refractivity contribution is -0.303. The van der Waals surface area contributed by atoms with Crippen LogP contribution in [0.4, 0.5) is 5.69 Å². The molecule has 2 aromatic carbocycles. The van der Waals surface area contributed by atoms with E-state index in [1.54, 1.807) is 0 Å². The van der Waals surface area contributed by atoms with Gasteiger partial charge in [0.2, 0.25) is 0 Å². The van der Waals surface area contributed by atoms with Crippen molar-refractivity contribution in [2.45, 2.75) is 4.90 Å². The standard InChI is InChI=1S/C16H16N2O6S/c1-24-13-6-8-14(9-7-13)25(22,23)18-12-4-2-11(3-5-12)16(21)17-10-15(19)20/h2-9,18H,10H2,1H3,(H,17,21)(H,19,20)/p-1. The van der Waals surface area contributed by atoms with E-state index in [1.807, 2.05) is 0 Å². The molecule has 0 radical (unpaired) electrons. The van der Waals surface area contributed by atoms with Crippen LogP contribution in [0, 0.1) is 0 Å². The van der Waals surface area contributed by atoms with Crippen LogP contribution in [0.2, 0.25) is 0 Å². The maximum atomic E-state index is 12.3. The number of carbonyl (C=O) groups is 2. The number of anilines is 1. The molecular formula is C16H15N2O6S-. The smallest absolute Gasteiger partial charge is 0.261 e. The summed E-state index contributed by atoms with van der Waals surface area (Å²) in [6.45, 7) is -0.606. The number of sulfonamides is 1. The van der Waals surface area contributed by atoms with Crippen molar-refractivity contribution in [1.82, 2.24) is 5.32 Å². The van der Waals surface area contributed by atoms with Crippen molar-refractivity contribution >= 4 is 27.6 Å². The summed E-state index contributed by atoms with van der Waals surface area (Å²) in [5.41, 5.74) is 0.445. The largest absolute Gasteiger partial charge is 0.548 e. The van der Waals surface area contributed by atoms with Crippen molar-refractivity contribution in [3.05, 3.63) is 54.1 Å². The van der Waals surface area contributed by atoms with Crippen LogP contribution in [0.25, 0.3) is 0 Å². The maximum absolute atomic E-state index is 12.3. The predicted octanol–water partition coefficient (Wildman–Crippen LogP) is -0.0243. The molecule has 25 heavy (non-hydrogen) atoms. The Morgan fingerprint density at radius 1 is 1.04 bits per heavy atom. The third-order valence-corrected chi connectivity index (χ3v) is 4.56. The fourth-order valence-electron chi connectivity index (χ4n) is 1.91. The Bertz CT molecular complexity index is 861. The minimum atomic E-state index is -3.78. The molecule has 0 unspecified atom stereocenters. The van der Waals surface area contributed by atoms with E-state index < -0.39 is 28.4 Å². The second-order valence-corrected chi connectivity index (χ2v) is 6.60. The van der Waals surface area contributed by atoms with Crippen molar-refractivity contribution in [3.63, 3.8) is 0 Å². The number of nitrogens with one attached hydrogen (secondary N) is 2. The van der Waals surface area contributed by atoms with E-state index in [4.69, 9.17) is 4.74 Å². The quantitative estimate of drug-likeness (QED) is 0.712. The number of rotatable bonds is 7. The molecule has 132 valence electrons. The summed E-state index contributed by atoms with van der Waals surface area (Å²) in [4.78, 5) is 22.0. The first-order valence-electron chi connectivity index (χ1n) is 7.07. The number of aliphatic carboxylic acids is 1. The Labute approximate surface area is 144 Å². The molecule has 2 aromatic rings. The van der Waals surface area contributed by atoms with Crippen LogP contribution in [-0.4, -0.2) is 33.9 Å². The fourth-order valence-corrected chi connectivity index (χ4v) is 2.97. The van der Waals surface area contributed by atoms with E-state index in [1.165, 1.54) is 55.6 Å². The lowest BCUT2D eigenvalue weighted by Crippen LogP contribution is -2.37. The summed E-state index contributed by atoms with van der Waals surface area (Å²) in [6.07, 6.45) is 0. The van der Waals surface area contributed by atoms with E-state index in [-0.39, 0.29) is 16.1 Å². The number of benzene rings is 2. The van der Waals surface area contributed by atoms with Crippen LogP contribution >= 0.6 is 0 Å². The topological polar surface area (TPSA) is 125 Å². The van der Waals surface area contributed by atoms with E-state index in [9.17, 15) is 23.1 Å². The van der Waals surface area contributed by atoms with Gasteiger partial charge in [0.1, 0.15) is 5.75 Å². The van der Waals surface area contributed by atoms with E-state index in [0.717, 1.165) is 0 Å². The molecule has 0 aliphatic heterocycles. The highest BCUT2D eigenvalue weighted by Gasteiger charge is 2.14. The fraction of sp³-hybridized carbons (Fsp3) is 0.125. The van der Waals surface area contributed by atoms with Crippen LogP contribution < -0.4 is 19.9 Å².